The monoisotopic (exact) mass is 384 g/mol. The lowest BCUT2D eigenvalue weighted by molar-refractivity contribution is 0.0960. The Bertz CT molecular complexity index is 958. The van der Waals surface area contributed by atoms with Gasteiger partial charge < -0.3 is 14.6 Å². The number of anilines is 1. The van der Waals surface area contributed by atoms with Gasteiger partial charge in [-0.2, -0.15) is 0 Å². The highest BCUT2D eigenvalue weighted by Gasteiger charge is 2.16. The number of para-hydroxylation sites is 2. The summed E-state index contributed by atoms with van der Waals surface area (Å²) in [5.41, 5.74) is 2.74. The van der Waals surface area contributed by atoms with Crippen LogP contribution in [0.1, 0.15) is 0 Å². The standard InChI is InChI=1S/C21H25FN4O2/c22-17-5-7-18(8-6-17)25-11-9-24(10-12-25)13-15-28-16-14-26-20-4-2-1-3-19(20)23-21(26)27/h1-8H,9-16H2,(H,23,27). The third-order valence-corrected chi connectivity index (χ3v) is 5.26. The third-order valence-electron chi connectivity index (χ3n) is 5.26. The summed E-state index contributed by atoms with van der Waals surface area (Å²) >= 11 is 0. The second-order valence-corrected chi connectivity index (χ2v) is 7.02. The van der Waals surface area contributed by atoms with Gasteiger partial charge in [0.2, 0.25) is 0 Å². The van der Waals surface area contributed by atoms with Gasteiger partial charge >= 0.3 is 5.69 Å². The predicted molar refractivity (Wildman–Crippen MR) is 108 cm³/mol. The molecule has 1 saturated heterocycles. The van der Waals surface area contributed by atoms with E-state index >= 15 is 0 Å². The highest BCUT2D eigenvalue weighted by atomic mass is 19.1. The van der Waals surface area contributed by atoms with Crippen molar-refractivity contribution in [3.8, 4) is 0 Å². The molecule has 1 N–H and O–H groups in total. The Balaban J connectivity index is 1.18. The minimum absolute atomic E-state index is 0.0956. The molecule has 2 heterocycles. The zero-order chi connectivity index (χ0) is 19.3. The summed E-state index contributed by atoms with van der Waals surface area (Å²) < 4.78 is 20.5. The Labute approximate surface area is 163 Å². The van der Waals surface area contributed by atoms with E-state index in [1.54, 1.807) is 4.57 Å². The van der Waals surface area contributed by atoms with Gasteiger partial charge in [0.1, 0.15) is 5.82 Å². The Hall–Kier alpha value is -2.64. The fourth-order valence-electron chi connectivity index (χ4n) is 3.66. The number of H-pyrrole nitrogens is 1. The number of piperazine rings is 1. The first-order valence-corrected chi connectivity index (χ1v) is 9.69. The number of rotatable bonds is 7. The average molecular weight is 384 g/mol. The molecule has 6 nitrogen and oxygen atoms in total. The van der Waals surface area contributed by atoms with Crippen LogP contribution in [0.15, 0.2) is 53.3 Å². The molecule has 0 radical (unpaired) electrons. The van der Waals surface area contributed by atoms with Crippen molar-refractivity contribution >= 4 is 16.7 Å². The quantitative estimate of drug-likeness (QED) is 0.635. The van der Waals surface area contributed by atoms with Crippen LogP contribution in [0.2, 0.25) is 0 Å². The van der Waals surface area contributed by atoms with E-state index in [0.29, 0.717) is 19.8 Å². The van der Waals surface area contributed by atoms with Crippen LogP contribution < -0.4 is 10.6 Å². The lowest BCUT2D eigenvalue weighted by atomic mass is 10.2. The van der Waals surface area contributed by atoms with Gasteiger partial charge in [-0.05, 0) is 36.4 Å². The molecule has 0 saturated carbocycles. The largest absolute Gasteiger partial charge is 0.378 e. The molecule has 0 unspecified atom stereocenters. The summed E-state index contributed by atoms with van der Waals surface area (Å²) in [6.07, 6.45) is 0. The molecule has 0 aliphatic carbocycles. The number of aromatic nitrogens is 2. The van der Waals surface area contributed by atoms with Crippen molar-refractivity contribution in [3.63, 3.8) is 0 Å². The summed E-state index contributed by atoms with van der Waals surface area (Å²) in [7, 11) is 0. The Morgan fingerprint density at radius 3 is 2.43 bits per heavy atom. The van der Waals surface area contributed by atoms with E-state index < -0.39 is 0 Å². The van der Waals surface area contributed by atoms with Crippen molar-refractivity contribution < 1.29 is 9.13 Å². The van der Waals surface area contributed by atoms with Crippen molar-refractivity contribution in [1.29, 1.82) is 0 Å². The molecule has 0 spiro atoms. The number of ether oxygens (including phenoxy) is 1. The van der Waals surface area contributed by atoms with Crippen molar-refractivity contribution in [2.24, 2.45) is 0 Å². The van der Waals surface area contributed by atoms with E-state index in [1.807, 2.05) is 36.4 Å². The second kappa shape index (κ2) is 8.58. The van der Waals surface area contributed by atoms with Gasteiger partial charge in [0.15, 0.2) is 0 Å². The van der Waals surface area contributed by atoms with Crippen molar-refractivity contribution in [3.05, 3.63) is 64.8 Å². The molecular weight excluding hydrogens is 359 g/mol. The van der Waals surface area contributed by atoms with Crippen LogP contribution >= 0.6 is 0 Å². The average Bonchev–Trinajstić information content (AvgIpc) is 3.04. The van der Waals surface area contributed by atoms with Crippen LogP contribution in [0.25, 0.3) is 11.0 Å². The second-order valence-electron chi connectivity index (χ2n) is 7.02. The van der Waals surface area contributed by atoms with Crippen LogP contribution in [0.3, 0.4) is 0 Å². The van der Waals surface area contributed by atoms with Gasteiger partial charge in [0, 0.05) is 38.4 Å². The topological polar surface area (TPSA) is 53.5 Å². The fourth-order valence-corrected chi connectivity index (χ4v) is 3.66. The Kier molecular flexibility index (Phi) is 5.73. The van der Waals surface area contributed by atoms with Crippen LogP contribution in [0, 0.1) is 5.82 Å². The molecule has 148 valence electrons. The number of nitrogens with one attached hydrogen (secondary N) is 1. The van der Waals surface area contributed by atoms with E-state index in [0.717, 1.165) is 49.4 Å². The molecule has 0 bridgehead atoms. The first-order chi connectivity index (χ1) is 13.7. The van der Waals surface area contributed by atoms with Gasteiger partial charge in [0.25, 0.3) is 0 Å². The highest BCUT2D eigenvalue weighted by molar-refractivity contribution is 5.74. The van der Waals surface area contributed by atoms with E-state index in [9.17, 15) is 9.18 Å². The fraction of sp³-hybridized carbons (Fsp3) is 0.381. The van der Waals surface area contributed by atoms with Gasteiger partial charge in [-0.15, -0.1) is 0 Å². The third kappa shape index (κ3) is 4.26. The first kappa shape index (κ1) is 18.7. The highest BCUT2D eigenvalue weighted by Crippen LogP contribution is 2.16. The molecule has 4 rings (SSSR count). The molecule has 3 aromatic rings. The number of hydrogen-bond acceptors (Lipinski definition) is 4. The summed E-state index contributed by atoms with van der Waals surface area (Å²) in [6, 6.07) is 14.4. The van der Waals surface area contributed by atoms with Gasteiger partial charge in [0.05, 0.1) is 30.8 Å². The molecule has 1 fully saturated rings. The smallest absolute Gasteiger partial charge is 0.326 e. The van der Waals surface area contributed by atoms with Crippen LogP contribution in [-0.2, 0) is 11.3 Å². The van der Waals surface area contributed by atoms with Gasteiger partial charge in [-0.25, -0.2) is 9.18 Å². The van der Waals surface area contributed by atoms with Crippen molar-refractivity contribution in [2.45, 2.75) is 6.54 Å². The number of aromatic amines is 1. The molecule has 7 heteroatoms. The number of nitrogens with zero attached hydrogens (tertiary/aromatic N) is 3. The molecule has 28 heavy (non-hydrogen) atoms. The molecule has 0 amide bonds. The van der Waals surface area contributed by atoms with Crippen LogP contribution in [0.4, 0.5) is 10.1 Å². The summed E-state index contributed by atoms with van der Waals surface area (Å²) in [5, 5.41) is 0. The maximum absolute atomic E-state index is 13.0. The van der Waals surface area contributed by atoms with E-state index in [1.165, 1.54) is 12.1 Å². The first-order valence-electron chi connectivity index (χ1n) is 9.69. The number of imidazole rings is 1. The lowest BCUT2D eigenvalue weighted by Crippen LogP contribution is -2.47. The van der Waals surface area contributed by atoms with E-state index in [-0.39, 0.29) is 11.5 Å². The van der Waals surface area contributed by atoms with E-state index in [2.05, 4.69) is 14.8 Å². The minimum Gasteiger partial charge on any atom is -0.378 e. The van der Waals surface area contributed by atoms with Gasteiger partial charge in [-0.1, -0.05) is 12.1 Å². The number of hydrogen-bond donors (Lipinski definition) is 1. The lowest BCUT2D eigenvalue weighted by Gasteiger charge is -2.36. The number of halogens is 1. The molecule has 2 aromatic carbocycles. The minimum atomic E-state index is -0.200. The number of fused-ring (bicyclic) bond motifs is 1. The SMILES string of the molecule is O=c1[nH]c2ccccc2n1CCOCCN1CCN(c2ccc(F)cc2)CC1. The summed E-state index contributed by atoms with van der Waals surface area (Å²) in [4.78, 5) is 19.5. The van der Waals surface area contributed by atoms with Crippen molar-refractivity contribution in [2.75, 3.05) is 50.8 Å². The summed E-state index contributed by atoms with van der Waals surface area (Å²) in [6.45, 7) is 6.35. The number of benzene rings is 2. The Morgan fingerprint density at radius 1 is 0.929 bits per heavy atom. The maximum Gasteiger partial charge on any atom is 0.326 e. The maximum atomic E-state index is 13.0. The Morgan fingerprint density at radius 2 is 1.64 bits per heavy atom. The summed E-state index contributed by atoms with van der Waals surface area (Å²) in [5.74, 6) is -0.200. The van der Waals surface area contributed by atoms with Crippen molar-refractivity contribution in [1.82, 2.24) is 14.5 Å². The molecule has 1 aliphatic rings. The van der Waals surface area contributed by atoms with E-state index in [4.69, 9.17) is 4.74 Å². The molecule has 1 aliphatic heterocycles. The van der Waals surface area contributed by atoms with Crippen LogP contribution in [0.5, 0.6) is 0 Å². The van der Waals surface area contributed by atoms with Gasteiger partial charge in [-0.3, -0.25) is 9.47 Å². The molecular formula is C21H25FN4O2. The van der Waals surface area contributed by atoms with Crippen LogP contribution in [-0.4, -0.2) is 60.4 Å². The predicted octanol–water partition coefficient (Wildman–Crippen LogP) is 2.31. The molecule has 1 aromatic heterocycles. The zero-order valence-electron chi connectivity index (χ0n) is 15.8. The normalized spacial score (nSPS) is 15.4. The molecule has 0 atom stereocenters. The zero-order valence-corrected chi connectivity index (χ0v) is 15.8.